The molecule has 0 unspecified atom stereocenters. The van der Waals surface area contributed by atoms with E-state index in [1.807, 2.05) is 54.6 Å². The summed E-state index contributed by atoms with van der Waals surface area (Å²) in [5.74, 6) is -1.12. The van der Waals surface area contributed by atoms with E-state index in [2.05, 4.69) is 19.2 Å². The minimum absolute atomic E-state index is 0.266. The zero-order valence-electron chi connectivity index (χ0n) is 15.6. The lowest BCUT2D eigenvalue weighted by molar-refractivity contribution is -0.141. The van der Waals surface area contributed by atoms with Gasteiger partial charge in [0.15, 0.2) is 0 Å². The van der Waals surface area contributed by atoms with E-state index in [-0.39, 0.29) is 12.3 Å². The van der Waals surface area contributed by atoms with Gasteiger partial charge in [-0.05, 0) is 36.0 Å². The van der Waals surface area contributed by atoms with Gasteiger partial charge in [0.1, 0.15) is 6.04 Å². The highest BCUT2D eigenvalue weighted by Gasteiger charge is 2.24. The first-order chi connectivity index (χ1) is 12.4. The number of carboxylic acids is 1. The Morgan fingerprint density at radius 2 is 1.46 bits per heavy atom. The highest BCUT2D eigenvalue weighted by atomic mass is 16.4. The third-order valence-electron chi connectivity index (χ3n) is 4.41. The summed E-state index contributed by atoms with van der Waals surface area (Å²) in [7, 11) is 0. The Morgan fingerprint density at radius 1 is 0.885 bits per heavy atom. The summed E-state index contributed by atoms with van der Waals surface area (Å²) in [5, 5.41) is 12.1. The predicted molar refractivity (Wildman–Crippen MR) is 103 cm³/mol. The van der Waals surface area contributed by atoms with Crippen LogP contribution in [0, 0.1) is 5.92 Å². The van der Waals surface area contributed by atoms with Crippen molar-refractivity contribution in [2.45, 2.75) is 45.6 Å². The summed E-state index contributed by atoms with van der Waals surface area (Å²) in [6.07, 6.45) is 1.26. The van der Waals surface area contributed by atoms with Crippen LogP contribution in [0.5, 0.6) is 0 Å². The standard InChI is InChI=1S/C22H27NO3/c1-15(2)13-18-9-11-19(12-10-18)16(3)21(24)23-20(22(25)26)14-17-7-5-4-6-8-17/h4-12,15-16,20H,13-14H2,1-3H3,(H,23,24)(H,25,26)/t16-,20+/m0/s1. The second-order valence-corrected chi connectivity index (χ2v) is 7.15. The molecule has 0 aliphatic carbocycles. The van der Waals surface area contributed by atoms with Crippen molar-refractivity contribution >= 4 is 11.9 Å². The molecule has 138 valence electrons. The fraction of sp³-hybridized carbons (Fsp3) is 0.364. The van der Waals surface area contributed by atoms with E-state index in [4.69, 9.17) is 0 Å². The molecule has 0 heterocycles. The van der Waals surface area contributed by atoms with Crippen LogP contribution in [0.3, 0.4) is 0 Å². The molecule has 26 heavy (non-hydrogen) atoms. The minimum Gasteiger partial charge on any atom is -0.480 e. The number of aliphatic carboxylic acids is 1. The fourth-order valence-electron chi connectivity index (χ4n) is 2.91. The predicted octanol–water partition coefficient (Wildman–Crippen LogP) is 3.80. The maximum absolute atomic E-state index is 12.5. The van der Waals surface area contributed by atoms with Gasteiger partial charge in [-0.2, -0.15) is 0 Å². The highest BCUT2D eigenvalue weighted by molar-refractivity contribution is 5.88. The molecule has 0 bridgehead atoms. The summed E-state index contributed by atoms with van der Waals surface area (Å²) in [5.41, 5.74) is 3.01. The molecule has 0 saturated heterocycles. The topological polar surface area (TPSA) is 66.4 Å². The third kappa shape index (κ3) is 5.73. The molecule has 4 heteroatoms. The second-order valence-electron chi connectivity index (χ2n) is 7.15. The van der Waals surface area contributed by atoms with E-state index >= 15 is 0 Å². The van der Waals surface area contributed by atoms with Gasteiger partial charge < -0.3 is 10.4 Å². The number of nitrogens with one attached hydrogen (secondary N) is 1. The van der Waals surface area contributed by atoms with Gasteiger partial charge in [-0.15, -0.1) is 0 Å². The van der Waals surface area contributed by atoms with Crippen LogP contribution in [-0.4, -0.2) is 23.0 Å². The Hall–Kier alpha value is -2.62. The molecule has 2 rings (SSSR count). The molecular weight excluding hydrogens is 326 g/mol. The van der Waals surface area contributed by atoms with Gasteiger partial charge in [-0.3, -0.25) is 4.79 Å². The Bertz CT molecular complexity index is 723. The normalized spacial score (nSPS) is 13.2. The first-order valence-corrected chi connectivity index (χ1v) is 9.02. The lowest BCUT2D eigenvalue weighted by atomic mass is 9.95. The van der Waals surface area contributed by atoms with Crippen molar-refractivity contribution < 1.29 is 14.7 Å². The van der Waals surface area contributed by atoms with Crippen LogP contribution in [-0.2, 0) is 22.4 Å². The van der Waals surface area contributed by atoms with Gasteiger partial charge in [0.25, 0.3) is 0 Å². The van der Waals surface area contributed by atoms with Crippen LogP contribution in [0.15, 0.2) is 54.6 Å². The van der Waals surface area contributed by atoms with Crippen LogP contribution in [0.4, 0.5) is 0 Å². The summed E-state index contributed by atoms with van der Waals surface area (Å²) in [6.45, 7) is 6.14. The zero-order chi connectivity index (χ0) is 19.1. The zero-order valence-corrected chi connectivity index (χ0v) is 15.6. The molecule has 2 N–H and O–H groups in total. The van der Waals surface area contributed by atoms with Crippen LogP contribution >= 0.6 is 0 Å². The van der Waals surface area contributed by atoms with E-state index in [1.165, 1.54) is 5.56 Å². The number of amides is 1. The molecular formula is C22H27NO3. The smallest absolute Gasteiger partial charge is 0.326 e. The first-order valence-electron chi connectivity index (χ1n) is 9.02. The number of hydrogen-bond acceptors (Lipinski definition) is 2. The van der Waals surface area contributed by atoms with Crippen molar-refractivity contribution in [2.75, 3.05) is 0 Å². The molecule has 2 aromatic rings. The van der Waals surface area contributed by atoms with E-state index in [9.17, 15) is 14.7 Å². The van der Waals surface area contributed by atoms with Gasteiger partial charge in [0.05, 0.1) is 5.92 Å². The Labute approximate surface area is 155 Å². The van der Waals surface area contributed by atoms with Gasteiger partial charge in [-0.1, -0.05) is 68.4 Å². The van der Waals surface area contributed by atoms with Crippen LogP contribution in [0.1, 0.15) is 43.4 Å². The van der Waals surface area contributed by atoms with E-state index in [0.29, 0.717) is 5.92 Å². The highest BCUT2D eigenvalue weighted by Crippen LogP contribution is 2.18. The molecule has 4 nitrogen and oxygen atoms in total. The quantitative estimate of drug-likeness (QED) is 0.758. The molecule has 0 aliphatic heterocycles. The molecule has 0 spiro atoms. The molecule has 0 aliphatic rings. The number of carboxylic acid groups (broad SMARTS) is 1. The van der Waals surface area contributed by atoms with E-state index in [1.54, 1.807) is 6.92 Å². The number of hydrogen-bond donors (Lipinski definition) is 2. The van der Waals surface area contributed by atoms with Gasteiger partial charge in [-0.25, -0.2) is 4.79 Å². The Balaban J connectivity index is 2.02. The van der Waals surface area contributed by atoms with Gasteiger partial charge in [0.2, 0.25) is 5.91 Å². The molecule has 0 fully saturated rings. The van der Waals surface area contributed by atoms with Crippen molar-refractivity contribution in [1.82, 2.24) is 5.32 Å². The van der Waals surface area contributed by atoms with Gasteiger partial charge in [0, 0.05) is 6.42 Å². The number of carbonyl (C=O) groups is 2. The maximum Gasteiger partial charge on any atom is 0.326 e. The van der Waals surface area contributed by atoms with Crippen LogP contribution in [0.2, 0.25) is 0 Å². The molecule has 2 atom stereocenters. The summed E-state index contributed by atoms with van der Waals surface area (Å²) < 4.78 is 0. The Morgan fingerprint density at radius 3 is 2.00 bits per heavy atom. The second kappa shape index (κ2) is 9.18. The number of benzene rings is 2. The number of rotatable bonds is 8. The number of carbonyl (C=O) groups excluding carboxylic acids is 1. The van der Waals surface area contributed by atoms with Crippen molar-refractivity contribution in [3.63, 3.8) is 0 Å². The fourth-order valence-corrected chi connectivity index (χ4v) is 2.91. The monoisotopic (exact) mass is 353 g/mol. The largest absolute Gasteiger partial charge is 0.480 e. The van der Waals surface area contributed by atoms with Crippen molar-refractivity contribution in [1.29, 1.82) is 0 Å². The van der Waals surface area contributed by atoms with Crippen molar-refractivity contribution in [2.24, 2.45) is 5.92 Å². The molecule has 0 saturated carbocycles. The summed E-state index contributed by atoms with van der Waals surface area (Å²) >= 11 is 0. The van der Waals surface area contributed by atoms with Gasteiger partial charge >= 0.3 is 5.97 Å². The first kappa shape index (κ1) is 19.7. The summed E-state index contributed by atoms with van der Waals surface area (Å²) in [6, 6.07) is 16.4. The Kier molecular flexibility index (Phi) is 6.96. The van der Waals surface area contributed by atoms with Crippen molar-refractivity contribution in [3.05, 3.63) is 71.3 Å². The summed E-state index contributed by atoms with van der Waals surface area (Å²) in [4.78, 5) is 24.1. The molecule has 1 amide bonds. The van der Waals surface area contributed by atoms with Crippen LogP contribution < -0.4 is 5.32 Å². The third-order valence-corrected chi connectivity index (χ3v) is 4.41. The molecule has 0 radical (unpaired) electrons. The average molecular weight is 353 g/mol. The van der Waals surface area contributed by atoms with E-state index < -0.39 is 17.9 Å². The van der Waals surface area contributed by atoms with Crippen LogP contribution in [0.25, 0.3) is 0 Å². The SMILES string of the molecule is CC(C)Cc1ccc([C@H](C)C(=O)N[C@H](Cc2ccccc2)C(=O)O)cc1. The lowest BCUT2D eigenvalue weighted by Crippen LogP contribution is -2.44. The average Bonchev–Trinajstić information content (AvgIpc) is 2.61. The maximum atomic E-state index is 12.5. The minimum atomic E-state index is -1.03. The van der Waals surface area contributed by atoms with Crippen molar-refractivity contribution in [3.8, 4) is 0 Å². The molecule has 0 aromatic heterocycles. The van der Waals surface area contributed by atoms with E-state index in [0.717, 1.165) is 17.5 Å². The lowest BCUT2D eigenvalue weighted by Gasteiger charge is -2.18. The molecule has 2 aromatic carbocycles.